The van der Waals surface area contributed by atoms with E-state index in [1.807, 2.05) is 26.1 Å². The third-order valence-electron chi connectivity index (χ3n) is 3.29. The molecule has 0 fully saturated rings. The zero-order valence-corrected chi connectivity index (χ0v) is 15.1. The van der Waals surface area contributed by atoms with Gasteiger partial charge in [0.2, 0.25) is 0 Å². The van der Waals surface area contributed by atoms with Crippen LogP contribution in [0.4, 0.5) is 0 Å². The van der Waals surface area contributed by atoms with E-state index in [1.54, 1.807) is 11.6 Å². The van der Waals surface area contributed by atoms with Crippen LogP contribution in [0.3, 0.4) is 0 Å². The number of aromatic nitrogens is 2. The maximum atomic E-state index is 11.9. The quantitative estimate of drug-likeness (QED) is 0.420. The first-order valence-electron chi connectivity index (χ1n) is 7.45. The van der Waals surface area contributed by atoms with Crippen molar-refractivity contribution in [3.05, 3.63) is 18.0 Å². The number of esters is 1. The molecule has 0 spiro atoms. The lowest BCUT2D eigenvalue weighted by molar-refractivity contribution is -0.149. The van der Waals surface area contributed by atoms with Gasteiger partial charge in [-0.1, -0.05) is 19.6 Å². The lowest BCUT2D eigenvalue weighted by Crippen LogP contribution is -2.31. The van der Waals surface area contributed by atoms with Gasteiger partial charge in [-0.15, -0.1) is 0 Å². The van der Waals surface area contributed by atoms with Gasteiger partial charge in [0.25, 0.3) is 0 Å². The number of carbonyl (C=O) groups is 1. The fourth-order valence-corrected chi connectivity index (χ4v) is 2.48. The number of hydrogen-bond donors (Lipinski definition) is 0. The summed E-state index contributed by atoms with van der Waals surface area (Å²) in [7, 11) is -1.06. The summed E-state index contributed by atoms with van der Waals surface area (Å²) in [5.41, 5.74) is -0.0331. The van der Waals surface area contributed by atoms with Crippen LogP contribution in [-0.4, -0.2) is 37.0 Å². The highest BCUT2D eigenvalue weighted by Gasteiger charge is 2.33. The largest absolute Gasteiger partial charge is 0.465 e. The van der Waals surface area contributed by atoms with Crippen LogP contribution >= 0.6 is 0 Å². The molecule has 1 heterocycles. The van der Waals surface area contributed by atoms with Crippen molar-refractivity contribution < 1.29 is 14.3 Å². The van der Waals surface area contributed by atoms with Crippen LogP contribution in [-0.2, 0) is 26.4 Å². The van der Waals surface area contributed by atoms with Gasteiger partial charge < -0.3 is 9.47 Å². The third-order valence-corrected chi connectivity index (χ3v) is 4.99. The topological polar surface area (TPSA) is 53.4 Å². The van der Waals surface area contributed by atoms with E-state index < -0.39 is 13.5 Å². The maximum Gasteiger partial charge on any atom is 0.317 e. The van der Waals surface area contributed by atoms with Gasteiger partial charge in [-0.3, -0.25) is 4.79 Å². The number of ether oxygens (including phenoxy) is 2. The van der Waals surface area contributed by atoms with Crippen molar-refractivity contribution in [3.8, 4) is 0 Å². The van der Waals surface area contributed by atoms with E-state index in [1.165, 1.54) is 0 Å². The molecule has 1 rings (SSSR count). The molecular formula is C15H28N2O3Si. The van der Waals surface area contributed by atoms with E-state index in [4.69, 9.17) is 9.47 Å². The van der Waals surface area contributed by atoms with Crippen LogP contribution < -0.4 is 0 Å². The van der Waals surface area contributed by atoms with Crippen molar-refractivity contribution in [1.82, 2.24) is 9.78 Å². The molecule has 21 heavy (non-hydrogen) atoms. The van der Waals surface area contributed by atoms with Gasteiger partial charge in [-0.25, -0.2) is 4.68 Å². The highest BCUT2D eigenvalue weighted by atomic mass is 28.3. The summed E-state index contributed by atoms with van der Waals surface area (Å²) in [5, 5.41) is 4.42. The summed E-state index contributed by atoms with van der Waals surface area (Å²) in [4.78, 5) is 11.9. The molecule has 6 heteroatoms. The van der Waals surface area contributed by atoms with Gasteiger partial charge in [-0.05, 0) is 32.9 Å². The smallest absolute Gasteiger partial charge is 0.317 e. The first-order valence-corrected chi connectivity index (χ1v) is 11.2. The lowest BCUT2D eigenvalue weighted by Gasteiger charge is -2.19. The van der Waals surface area contributed by atoms with Crippen molar-refractivity contribution in [2.75, 3.05) is 13.2 Å². The SMILES string of the molecule is CCOC(=O)C(C)(C)c1ccn(COCC[Si](C)(C)C)n1. The Morgan fingerprint density at radius 3 is 2.62 bits per heavy atom. The van der Waals surface area contributed by atoms with Crippen LogP contribution in [0, 0.1) is 0 Å². The number of rotatable bonds is 8. The molecule has 1 aromatic heterocycles. The van der Waals surface area contributed by atoms with Gasteiger partial charge in [0, 0.05) is 20.9 Å². The first kappa shape index (κ1) is 17.9. The van der Waals surface area contributed by atoms with E-state index >= 15 is 0 Å². The molecule has 0 saturated heterocycles. The van der Waals surface area contributed by atoms with Gasteiger partial charge in [-0.2, -0.15) is 5.10 Å². The average molecular weight is 312 g/mol. The van der Waals surface area contributed by atoms with E-state index in [-0.39, 0.29) is 5.97 Å². The molecule has 120 valence electrons. The van der Waals surface area contributed by atoms with Gasteiger partial charge in [0.15, 0.2) is 0 Å². The van der Waals surface area contributed by atoms with E-state index in [9.17, 15) is 4.79 Å². The molecule has 0 aliphatic heterocycles. The predicted octanol–water partition coefficient (Wildman–Crippen LogP) is 3.04. The predicted molar refractivity (Wildman–Crippen MR) is 86.0 cm³/mol. The van der Waals surface area contributed by atoms with Crippen LogP contribution in [0.2, 0.25) is 25.7 Å². The van der Waals surface area contributed by atoms with Crippen molar-refractivity contribution in [2.45, 2.75) is 58.6 Å². The number of hydrogen-bond acceptors (Lipinski definition) is 4. The fourth-order valence-electron chi connectivity index (χ4n) is 1.72. The first-order chi connectivity index (χ1) is 9.66. The van der Waals surface area contributed by atoms with Crippen LogP contribution in [0.25, 0.3) is 0 Å². The van der Waals surface area contributed by atoms with Crippen molar-refractivity contribution in [3.63, 3.8) is 0 Å². The normalized spacial score (nSPS) is 12.5. The van der Waals surface area contributed by atoms with Crippen LogP contribution in [0.1, 0.15) is 26.5 Å². The van der Waals surface area contributed by atoms with Gasteiger partial charge >= 0.3 is 5.97 Å². The summed E-state index contributed by atoms with van der Waals surface area (Å²) in [5.74, 6) is -0.255. The molecule has 0 amide bonds. The molecule has 0 bridgehead atoms. The molecular weight excluding hydrogens is 284 g/mol. The molecule has 0 saturated carbocycles. The summed E-state index contributed by atoms with van der Waals surface area (Å²) in [6, 6.07) is 2.98. The minimum Gasteiger partial charge on any atom is -0.465 e. The second kappa shape index (κ2) is 7.22. The van der Waals surface area contributed by atoms with Gasteiger partial charge in [0.05, 0.1) is 12.3 Å². The summed E-state index contributed by atoms with van der Waals surface area (Å²) >= 11 is 0. The highest BCUT2D eigenvalue weighted by Crippen LogP contribution is 2.23. The third kappa shape index (κ3) is 5.63. The van der Waals surface area contributed by atoms with E-state index in [2.05, 4.69) is 24.7 Å². The van der Waals surface area contributed by atoms with E-state index in [0.717, 1.165) is 12.7 Å². The van der Waals surface area contributed by atoms with Crippen LogP contribution in [0.5, 0.6) is 0 Å². The molecule has 0 radical (unpaired) electrons. The number of carbonyl (C=O) groups excluding carboxylic acids is 1. The Kier molecular flexibility index (Phi) is 6.16. The van der Waals surface area contributed by atoms with Crippen molar-refractivity contribution >= 4 is 14.0 Å². The summed E-state index contributed by atoms with van der Waals surface area (Å²) < 4.78 is 12.5. The molecule has 0 aliphatic rings. The molecule has 0 aromatic carbocycles. The Labute approximate surface area is 128 Å². The Morgan fingerprint density at radius 1 is 1.38 bits per heavy atom. The van der Waals surface area contributed by atoms with Crippen molar-refractivity contribution in [1.29, 1.82) is 0 Å². The second-order valence-corrected chi connectivity index (χ2v) is 12.6. The molecule has 0 unspecified atom stereocenters. The molecule has 5 nitrogen and oxygen atoms in total. The monoisotopic (exact) mass is 312 g/mol. The number of nitrogens with zero attached hydrogens (tertiary/aromatic N) is 2. The Hall–Kier alpha value is -1.14. The highest BCUT2D eigenvalue weighted by molar-refractivity contribution is 6.76. The second-order valence-electron chi connectivity index (χ2n) is 6.93. The van der Waals surface area contributed by atoms with Gasteiger partial charge in [0.1, 0.15) is 12.1 Å². The minimum atomic E-state index is -1.06. The average Bonchev–Trinajstić information content (AvgIpc) is 2.83. The van der Waals surface area contributed by atoms with E-state index in [0.29, 0.717) is 19.0 Å². The summed E-state index contributed by atoms with van der Waals surface area (Å²) in [6.07, 6.45) is 1.84. The molecule has 0 N–H and O–H groups in total. The molecule has 1 aromatic rings. The van der Waals surface area contributed by atoms with Crippen molar-refractivity contribution in [2.24, 2.45) is 0 Å². The standard InChI is InChI=1S/C15H28N2O3Si/c1-7-20-14(18)15(2,3)13-8-9-17(16-13)12-19-10-11-21(4,5)6/h8-9H,7,10-12H2,1-6H3. The summed E-state index contributed by atoms with van der Waals surface area (Å²) in [6.45, 7) is 14.0. The lowest BCUT2D eigenvalue weighted by atomic mass is 9.90. The zero-order valence-electron chi connectivity index (χ0n) is 14.1. The van der Waals surface area contributed by atoms with Crippen LogP contribution in [0.15, 0.2) is 12.3 Å². The zero-order chi connectivity index (χ0) is 16.1. The molecule has 0 aliphatic carbocycles. The Morgan fingerprint density at radius 2 is 2.05 bits per heavy atom. The fraction of sp³-hybridized carbons (Fsp3) is 0.733. The molecule has 0 atom stereocenters. The Balaban J connectivity index is 2.55. The Bertz CT molecular complexity index is 464. The minimum absolute atomic E-state index is 0.255. The maximum absolute atomic E-state index is 11.9.